The first-order chi connectivity index (χ1) is 11.6. The van der Waals surface area contributed by atoms with Crippen molar-refractivity contribution in [2.75, 3.05) is 5.01 Å². The molecule has 0 bridgehead atoms. The summed E-state index contributed by atoms with van der Waals surface area (Å²) in [5, 5.41) is 4.08. The molecule has 24 heavy (non-hydrogen) atoms. The molecule has 2 heterocycles. The fourth-order valence-electron chi connectivity index (χ4n) is 2.26. The molecule has 0 saturated carbocycles. The van der Waals surface area contributed by atoms with Crippen LogP contribution in [-0.4, -0.2) is 28.7 Å². The summed E-state index contributed by atoms with van der Waals surface area (Å²) < 4.78 is 0. The maximum Gasteiger partial charge on any atom is 0.288 e. The van der Waals surface area contributed by atoms with Crippen molar-refractivity contribution in [2.45, 2.75) is 19.5 Å². The summed E-state index contributed by atoms with van der Waals surface area (Å²) in [6.45, 7) is 1.94. The van der Waals surface area contributed by atoms with E-state index < -0.39 is 6.04 Å². The van der Waals surface area contributed by atoms with Crippen LogP contribution in [0.25, 0.3) is 0 Å². The largest absolute Gasteiger partial charge is 0.344 e. The van der Waals surface area contributed by atoms with E-state index in [9.17, 15) is 9.59 Å². The van der Waals surface area contributed by atoms with E-state index in [4.69, 9.17) is 0 Å². The lowest BCUT2D eigenvalue weighted by atomic mass is 10.2. The number of carbonyl (C=O) groups is 2. The van der Waals surface area contributed by atoms with Gasteiger partial charge in [-0.2, -0.15) is 0 Å². The van der Waals surface area contributed by atoms with E-state index in [1.165, 1.54) is 5.01 Å². The Labute approximate surface area is 139 Å². The van der Waals surface area contributed by atoms with Gasteiger partial charge in [0.2, 0.25) is 5.84 Å². The Kier molecular flexibility index (Phi) is 4.51. The van der Waals surface area contributed by atoms with Crippen LogP contribution in [0, 0.1) is 0 Å². The lowest BCUT2D eigenvalue weighted by molar-refractivity contribution is -0.120. The van der Waals surface area contributed by atoms with E-state index in [-0.39, 0.29) is 24.2 Å². The summed E-state index contributed by atoms with van der Waals surface area (Å²) in [5.41, 5.74) is 4.18. The van der Waals surface area contributed by atoms with E-state index in [1.54, 1.807) is 25.3 Å². The van der Waals surface area contributed by atoms with Crippen molar-refractivity contribution in [3.8, 4) is 0 Å². The third kappa shape index (κ3) is 3.40. The van der Waals surface area contributed by atoms with E-state index in [2.05, 4.69) is 20.7 Å². The number of aliphatic imine (C=N–C) groups is 1. The molecule has 0 saturated heterocycles. The highest BCUT2D eigenvalue weighted by Gasteiger charge is 2.30. The van der Waals surface area contributed by atoms with Crippen molar-refractivity contribution >= 4 is 23.3 Å². The number of amidine groups is 1. The van der Waals surface area contributed by atoms with Gasteiger partial charge >= 0.3 is 0 Å². The van der Waals surface area contributed by atoms with Gasteiger partial charge in [-0.3, -0.25) is 20.0 Å². The number of amides is 2. The number of hydrazine groups is 1. The highest BCUT2D eigenvalue weighted by molar-refractivity contribution is 6.39. The van der Waals surface area contributed by atoms with Gasteiger partial charge in [-0.15, -0.1) is 0 Å². The summed E-state index contributed by atoms with van der Waals surface area (Å²) in [4.78, 5) is 32.9. The SMILES string of the molecule is C[C@@H]1N=C(C(=O)NCc2ccccn2)NN(c2ccccc2)C1=O. The van der Waals surface area contributed by atoms with Crippen LogP contribution in [0.15, 0.2) is 59.7 Å². The van der Waals surface area contributed by atoms with Gasteiger partial charge in [0.1, 0.15) is 6.04 Å². The second-order valence-corrected chi connectivity index (χ2v) is 5.28. The Morgan fingerprint density at radius 1 is 1.21 bits per heavy atom. The van der Waals surface area contributed by atoms with Crippen LogP contribution in [0.3, 0.4) is 0 Å². The Hall–Kier alpha value is -3.22. The monoisotopic (exact) mass is 323 g/mol. The fourth-order valence-corrected chi connectivity index (χ4v) is 2.26. The molecule has 0 unspecified atom stereocenters. The van der Waals surface area contributed by atoms with Crippen LogP contribution in [0.5, 0.6) is 0 Å². The molecule has 2 N–H and O–H groups in total. The van der Waals surface area contributed by atoms with E-state index >= 15 is 0 Å². The maximum atomic E-state index is 12.3. The van der Waals surface area contributed by atoms with Crippen LogP contribution in [0.2, 0.25) is 0 Å². The predicted octanol–water partition coefficient (Wildman–Crippen LogP) is 1.04. The van der Waals surface area contributed by atoms with Crippen LogP contribution < -0.4 is 15.8 Å². The Morgan fingerprint density at radius 2 is 1.96 bits per heavy atom. The smallest absolute Gasteiger partial charge is 0.288 e. The van der Waals surface area contributed by atoms with Crippen molar-refractivity contribution in [1.29, 1.82) is 0 Å². The second kappa shape index (κ2) is 6.91. The molecular weight excluding hydrogens is 306 g/mol. The molecule has 1 aliphatic heterocycles. The molecule has 7 nitrogen and oxygen atoms in total. The summed E-state index contributed by atoms with van der Waals surface area (Å²) in [7, 11) is 0. The maximum absolute atomic E-state index is 12.3. The lowest BCUT2D eigenvalue weighted by Crippen LogP contribution is -2.57. The summed E-state index contributed by atoms with van der Waals surface area (Å²) in [5.74, 6) is -0.509. The molecule has 1 aliphatic rings. The number of hydrogen-bond acceptors (Lipinski definition) is 5. The molecule has 122 valence electrons. The van der Waals surface area contributed by atoms with Crippen molar-refractivity contribution in [3.05, 3.63) is 60.4 Å². The van der Waals surface area contributed by atoms with E-state index in [0.717, 1.165) is 5.69 Å². The van der Waals surface area contributed by atoms with E-state index in [0.29, 0.717) is 5.69 Å². The first kappa shape index (κ1) is 15.7. The highest BCUT2D eigenvalue weighted by atomic mass is 16.2. The number of nitrogens with zero attached hydrogens (tertiary/aromatic N) is 3. The third-order valence-electron chi connectivity index (χ3n) is 3.50. The van der Waals surface area contributed by atoms with Crippen molar-refractivity contribution in [2.24, 2.45) is 4.99 Å². The minimum Gasteiger partial charge on any atom is -0.344 e. The molecule has 2 amide bonds. The number of hydrogen-bond donors (Lipinski definition) is 2. The molecule has 0 aliphatic carbocycles. The molecule has 0 radical (unpaired) electrons. The molecule has 7 heteroatoms. The number of para-hydroxylation sites is 1. The van der Waals surface area contributed by atoms with Crippen LogP contribution >= 0.6 is 0 Å². The van der Waals surface area contributed by atoms with Gasteiger partial charge in [0, 0.05) is 6.20 Å². The zero-order valence-corrected chi connectivity index (χ0v) is 13.1. The molecule has 1 aromatic heterocycles. The van der Waals surface area contributed by atoms with Gasteiger partial charge in [-0.1, -0.05) is 24.3 Å². The van der Waals surface area contributed by atoms with Gasteiger partial charge in [-0.05, 0) is 31.2 Å². The van der Waals surface area contributed by atoms with Crippen molar-refractivity contribution in [3.63, 3.8) is 0 Å². The Bertz CT molecular complexity index is 761. The number of pyridine rings is 1. The molecule has 1 atom stereocenters. The highest BCUT2D eigenvalue weighted by Crippen LogP contribution is 2.15. The zero-order valence-electron chi connectivity index (χ0n) is 13.1. The van der Waals surface area contributed by atoms with Crippen LogP contribution in [-0.2, 0) is 16.1 Å². The third-order valence-corrected chi connectivity index (χ3v) is 3.50. The van der Waals surface area contributed by atoms with Crippen molar-refractivity contribution in [1.82, 2.24) is 15.7 Å². The molecule has 3 rings (SSSR count). The normalized spacial score (nSPS) is 17.0. The second-order valence-electron chi connectivity index (χ2n) is 5.28. The fraction of sp³-hybridized carbons (Fsp3) is 0.176. The number of anilines is 1. The number of carbonyl (C=O) groups excluding carboxylic acids is 2. The van der Waals surface area contributed by atoms with Gasteiger partial charge in [0.15, 0.2) is 0 Å². The first-order valence-corrected chi connectivity index (χ1v) is 7.57. The average Bonchev–Trinajstić information content (AvgIpc) is 2.63. The van der Waals surface area contributed by atoms with Crippen LogP contribution in [0.1, 0.15) is 12.6 Å². The van der Waals surface area contributed by atoms with Gasteiger partial charge in [0.25, 0.3) is 11.8 Å². The molecular formula is C17H17N5O2. The molecule has 0 spiro atoms. The molecule has 1 aromatic carbocycles. The minimum atomic E-state index is -0.637. The Morgan fingerprint density at radius 3 is 2.67 bits per heavy atom. The van der Waals surface area contributed by atoms with Gasteiger partial charge in [-0.25, -0.2) is 10.0 Å². The van der Waals surface area contributed by atoms with Gasteiger partial charge in [0.05, 0.1) is 17.9 Å². The summed E-state index contributed by atoms with van der Waals surface area (Å²) in [6.07, 6.45) is 1.66. The molecule has 2 aromatic rings. The quantitative estimate of drug-likeness (QED) is 0.880. The summed E-state index contributed by atoms with van der Waals surface area (Å²) >= 11 is 0. The topological polar surface area (TPSA) is 86.7 Å². The first-order valence-electron chi connectivity index (χ1n) is 7.57. The van der Waals surface area contributed by atoms with E-state index in [1.807, 2.05) is 36.4 Å². The summed E-state index contributed by atoms with van der Waals surface area (Å²) in [6, 6.07) is 13.9. The van der Waals surface area contributed by atoms with Crippen molar-refractivity contribution < 1.29 is 9.59 Å². The predicted molar refractivity (Wildman–Crippen MR) is 90.0 cm³/mol. The lowest BCUT2D eigenvalue weighted by Gasteiger charge is -2.30. The van der Waals surface area contributed by atoms with Gasteiger partial charge < -0.3 is 5.32 Å². The standard InChI is InChI=1S/C17H17N5O2/c1-12-17(24)22(14-8-3-2-4-9-14)21-15(20-12)16(23)19-11-13-7-5-6-10-18-13/h2-10,12H,11H2,1H3,(H,19,23)(H,20,21)/t12-/m0/s1. The zero-order chi connectivity index (χ0) is 16.9. The molecule has 0 fully saturated rings. The van der Waals surface area contributed by atoms with Crippen LogP contribution in [0.4, 0.5) is 5.69 Å². The average molecular weight is 323 g/mol. The number of benzene rings is 1. The Balaban J connectivity index is 1.72. The number of nitrogens with one attached hydrogen (secondary N) is 2. The number of rotatable bonds is 4. The minimum absolute atomic E-state index is 0.0990. The number of aromatic nitrogens is 1.